The Labute approximate surface area is 161 Å². The zero-order chi connectivity index (χ0) is 18.8. The van der Waals surface area contributed by atoms with Gasteiger partial charge in [0.05, 0.1) is 12.1 Å². The normalized spacial score (nSPS) is 12.0. The molecule has 0 aliphatic carbocycles. The van der Waals surface area contributed by atoms with Gasteiger partial charge >= 0.3 is 0 Å². The van der Waals surface area contributed by atoms with E-state index >= 15 is 0 Å². The van der Waals surface area contributed by atoms with E-state index in [9.17, 15) is 0 Å². The smallest absolute Gasteiger partial charge is 0.231 e. The van der Waals surface area contributed by atoms with E-state index in [1.807, 2.05) is 37.3 Å². The van der Waals surface area contributed by atoms with Crippen LogP contribution in [-0.4, -0.2) is 23.9 Å². The van der Waals surface area contributed by atoms with E-state index in [-0.39, 0.29) is 6.79 Å². The molecule has 0 radical (unpaired) electrons. The Kier molecular flexibility index (Phi) is 4.60. The molecular weight excluding hydrogens is 368 g/mol. The van der Waals surface area contributed by atoms with Crippen molar-refractivity contribution in [3.63, 3.8) is 0 Å². The van der Waals surface area contributed by atoms with Gasteiger partial charge in [-0.15, -0.1) is 0 Å². The quantitative estimate of drug-likeness (QED) is 0.662. The van der Waals surface area contributed by atoms with Gasteiger partial charge in [0.25, 0.3) is 0 Å². The largest absolute Gasteiger partial charge is 0.495 e. The summed E-state index contributed by atoms with van der Waals surface area (Å²) in [6.07, 6.45) is 0. The number of nitrogens with one attached hydrogen (secondary N) is 2. The van der Waals surface area contributed by atoms with Crippen molar-refractivity contribution in [3.8, 4) is 17.2 Å². The average molecular weight is 385 g/mol. The second kappa shape index (κ2) is 7.20. The molecule has 0 amide bonds. The summed E-state index contributed by atoms with van der Waals surface area (Å²) < 4.78 is 15.9. The number of nitrogens with zero attached hydrogens (tertiary/aromatic N) is 2. The maximum atomic E-state index is 6.18. The van der Waals surface area contributed by atoms with Crippen LogP contribution >= 0.6 is 11.6 Å². The van der Waals surface area contributed by atoms with Crippen LogP contribution in [0.15, 0.2) is 42.5 Å². The summed E-state index contributed by atoms with van der Waals surface area (Å²) in [6.45, 7) is 2.07. The Balaban J connectivity index is 1.55. The summed E-state index contributed by atoms with van der Waals surface area (Å²) in [6, 6.07) is 12.9. The fourth-order valence-electron chi connectivity index (χ4n) is 2.71. The number of halogens is 1. The highest BCUT2D eigenvalue weighted by Gasteiger charge is 2.13. The van der Waals surface area contributed by atoms with Crippen LogP contribution < -0.4 is 24.8 Å². The van der Waals surface area contributed by atoms with E-state index in [1.54, 1.807) is 19.2 Å². The Bertz CT molecular complexity index is 997. The molecule has 2 heterocycles. The molecule has 3 aromatic rings. The predicted molar refractivity (Wildman–Crippen MR) is 104 cm³/mol. The third-order valence-electron chi connectivity index (χ3n) is 3.91. The van der Waals surface area contributed by atoms with Gasteiger partial charge in [0.15, 0.2) is 11.5 Å². The summed E-state index contributed by atoms with van der Waals surface area (Å²) in [7, 11) is 1.58. The van der Waals surface area contributed by atoms with Gasteiger partial charge in [0.1, 0.15) is 23.2 Å². The molecule has 1 aliphatic rings. The Morgan fingerprint density at radius 1 is 0.926 bits per heavy atom. The number of hydrogen-bond acceptors (Lipinski definition) is 7. The minimum atomic E-state index is 0.240. The van der Waals surface area contributed by atoms with Crippen molar-refractivity contribution in [3.05, 3.63) is 53.3 Å². The molecule has 138 valence electrons. The Morgan fingerprint density at radius 3 is 2.30 bits per heavy atom. The fourth-order valence-corrected chi connectivity index (χ4v) is 2.97. The van der Waals surface area contributed by atoms with Crippen LogP contribution in [-0.2, 0) is 0 Å². The van der Waals surface area contributed by atoms with Gasteiger partial charge in [-0.25, -0.2) is 9.97 Å². The van der Waals surface area contributed by atoms with Crippen molar-refractivity contribution in [2.75, 3.05) is 24.5 Å². The number of aromatic nitrogens is 2. The first-order valence-electron chi connectivity index (χ1n) is 8.23. The number of benzene rings is 2. The highest BCUT2D eigenvalue weighted by Crippen LogP contribution is 2.35. The van der Waals surface area contributed by atoms with Gasteiger partial charge in [-0.3, -0.25) is 0 Å². The van der Waals surface area contributed by atoms with Crippen molar-refractivity contribution in [1.29, 1.82) is 0 Å². The second-order valence-corrected chi connectivity index (χ2v) is 6.26. The predicted octanol–water partition coefficient (Wildman–Crippen LogP) is 4.66. The van der Waals surface area contributed by atoms with Crippen LogP contribution in [0.4, 0.5) is 23.0 Å². The van der Waals surface area contributed by atoms with Crippen molar-refractivity contribution in [2.24, 2.45) is 0 Å². The summed E-state index contributed by atoms with van der Waals surface area (Å²) >= 11 is 6.18. The molecule has 1 aliphatic heterocycles. The zero-order valence-corrected chi connectivity index (χ0v) is 15.5. The highest BCUT2D eigenvalue weighted by molar-refractivity contribution is 6.32. The fraction of sp³-hybridized carbons (Fsp3) is 0.158. The SMILES string of the molecule is COc1ccc(Nc2cc(Nc3ccc4c(c3)OCO4)nc(C)n2)cc1Cl. The van der Waals surface area contributed by atoms with Crippen molar-refractivity contribution >= 4 is 34.6 Å². The van der Waals surface area contributed by atoms with Gasteiger partial charge < -0.3 is 24.8 Å². The van der Waals surface area contributed by atoms with E-state index in [0.29, 0.717) is 34.0 Å². The van der Waals surface area contributed by atoms with Gasteiger partial charge in [-0.2, -0.15) is 0 Å². The van der Waals surface area contributed by atoms with Gasteiger partial charge in [0, 0.05) is 23.5 Å². The van der Waals surface area contributed by atoms with Crippen LogP contribution in [0.1, 0.15) is 5.82 Å². The first-order valence-corrected chi connectivity index (χ1v) is 8.61. The maximum absolute atomic E-state index is 6.18. The van der Waals surface area contributed by atoms with Crippen LogP contribution in [0.25, 0.3) is 0 Å². The Morgan fingerprint density at radius 2 is 1.59 bits per heavy atom. The molecule has 0 unspecified atom stereocenters. The number of fused-ring (bicyclic) bond motifs is 1. The molecule has 0 saturated heterocycles. The molecule has 27 heavy (non-hydrogen) atoms. The standard InChI is InChI=1S/C19H17ClN4O3/c1-11-21-18(23-12-3-5-15(25-2)14(20)7-12)9-19(22-11)24-13-4-6-16-17(8-13)27-10-26-16/h3-9H,10H2,1-2H3,(H2,21,22,23,24). The lowest BCUT2D eigenvalue weighted by Gasteiger charge is -2.11. The summed E-state index contributed by atoms with van der Waals surface area (Å²) in [4.78, 5) is 8.85. The minimum absolute atomic E-state index is 0.240. The molecule has 1 aromatic heterocycles. The third-order valence-corrected chi connectivity index (χ3v) is 4.20. The summed E-state index contributed by atoms with van der Waals surface area (Å²) in [5.74, 6) is 3.99. The molecule has 7 nitrogen and oxygen atoms in total. The lowest BCUT2D eigenvalue weighted by molar-refractivity contribution is 0.174. The molecule has 0 atom stereocenters. The lowest BCUT2D eigenvalue weighted by Crippen LogP contribution is -2.01. The minimum Gasteiger partial charge on any atom is -0.495 e. The maximum Gasteiger partial charge on any atom is 0.231 e. The van der Waals surface area contributed by atoms with E-state index in [2.05, 4.69) is 20.6 Å². The van der Waals surface area contributed by atoms with E-state index in [1.165, 1.54) is 0 Å². The molecule has 0 spiro atoms. The first-order chi connectivity index (χ1) is 13.1. The van der Waals surface area contributed by atoms with Crippen LogP contribution in [0, 0.1) is 6.92 Å². The van der Waals surface area contributed by atoms with E-state index in [0.717, 1.165) is 17.1 Å². The number of anilines is 4. The highest BCUT2D eigenvalue weighted by atomic mass is 35.5. The van der Waals surface area contributed by atoms with Crippen molar-refractivity contribution < 1.29 is 14.2 Å². The average Bonchev–Trinajstić information content (AvgIpc) is 3.09. The molecule has 0 fully saturated rings. The Hall–Kier alpha value is -3.19. The first kappa shape index (κ1) is 17.2. The van der Waals surface area contributed by atoms with Gasteiger partial charge in [-0.1, -0.05) is 11.6 Å². The number of hydrogen-bond donors (Lipinski definition) is 2. The number of methoxy groups -OCH3 is 1. The number of ether oxygens (including phenoxy) is 3. The molecule has 0 bridgehead atoms. The van der Waals surface area contributed by atoms with Crippen LogP contribution in [0.3, 0.4) is 0 Å². The topological polar surface area (TPSA) is 77.5 Å². The molecule has 0 saturated carbocycles. The molecule has 4 rings (SSSR count). The molecule has 2 aromatic carbocycles. The second-order valence-electron chi connectivity index (χ2n) is 5.85. The van der Waals surface area contributed by atoms with Gasteiger partial charge in [-0.05, 0) is 37.3 Å². The monoisotopic (exact) mass is 384 g/mol. The zero-order valence-electron chi connectivity index (χ0n) is 14.7. The summed E-state index contributed by atoms with van der Waals surface area (Å²) in [5, 5.41) is 7.01. The molecule has 2 N–H and O–H groups in total. The van der Waals surface area contributed by atoms with Gasteiger partial charge in [0.2, 0.25) is 6.79 Å². The van der Waals surface area contributed by atoms with Crippen molar-refractivity contribution in [2.45, 2.75) is 6.92 Å². The number of rotatable bonds is 5. The molecule has 8 heteroatoms. The lowest BCUT2D eigenvalue weighted by atomic mass is 10.2. The van der Waals surface area contributed by atoms with Crippen LogP contribution in [0.2, 0.25) is 5.02 Å². The van der Waals surface area contributed by atoms with E-state index < -0.39 is 0 Å². The molecular formula is C19H17ClN4O3. The van der Waals surface area contributed by atoms with Crippen molar-refractivity contribution in [1.82, 2.24) is 9.97 Å². The number of aryl methyl sites for hydroxylation is 1. The summed E-state index contributed by atoms with van der Waals surface area (Å²) in [5.41, 5.74) is 1.64. The van der Waals surface area contributed by atoms with E-state index in [4.69, 9.17) is 25.8 Å². The third kappa shape index (κ3) is 3.83. The van der Waals surface area contributed by atoms with Crippen LogP contribution in [0.5, 0.6) is 17.2 Å².